The standard InChI is InChI=1S/C20H19ClF3N3OS/c21-18-7-6-17(29-18)14-26-9-11-27(12-10-26)19(28)25-8-2-4-15-3-1-5-16(13-15)20(22,23)24/h1,3,5-7,13H,8-12,14H2,(H,25,28). The number of carbonyl (C=O) groups is 1. The minimum absolute atomic E-state index is 0.0724. The SMILES string of the molecule is O=C(NCC#Cc1cccc(C(F)(F)F)c1)N1CCN(Cc2ccc(Cl)s2)CC1. The van der Waals surface area contributed by atoms with Gasteiger partial charge in [0.25, 0.3) is 0 Å². The van der Waals surface area contributed by atoms with Gasteiger partial charge in [0, 0.05) is 43.2 Å². The molecule has 2 amide bonds. The quantitative estimate of drug-likeness (QED) is 0.721. The first-order chi connectivity index (χ1) is 13.8. The zero-order valence-corrected chi connectivity index (χ0v) is 17.0. The van der Waals surface area contributed by atoms with Crippen LogP contribution in [0.1, 0.15) is 16.0 Å². The molecule has 0 bridgehead atoms. The molecule has 2 aromatic rings. The van der Waals surface area contributed by atoms with Gasteiger partial charge in [-0.1, -0.05) is 29.5 Å². The Kier molecular flexibility index (Phi) is 7.06. The predicted octanol–water partition coefficient (Wildman–Crippen LogP) is 4.30. The Morgan fingerprint density at radius 1 is 1.17 bits per heavy atom. The lowest BCUT2D eigenvalue weighted by molar-refractivity contribution is -0.137. The van der Waals surface area contributed by atoms with E-state index in [0.717, 1.165) is 36.1 Å². The van der Waals surface area contributed by atoms with Crippen LogP contribution in [0, 0.1) is 11.8 Å². The monoisotopic (exact) mass is 441 g/mol. The van der Waals surface area contributed by atoms with Crippen LogP contribution in [0.5, 0.6) is 0 Å². The summed E-state index contributed by atoms with van der Waals surface area (Å²) in [6.07, 6.45) is -4.40. The third-order valence-corrected chi connectivity index (χ3v) is 5.63. The van der Waals surface area contributed by atoms with Crippen molar-refractivity contribution in [1.82, 2.24) is 15.1 Å². The van der Waals surface area contributed by atoms with Crippen LogP contribution in [-0.2, 0) is 12.7 Å². The summed E-state index contributed by atoms with van der Waals surface area (Å²) in [6.45, 7) is 3.62. The number of carbonyl (C=O) groups excluding carboxylic acids is 1. The summed E-state index contributed by atoms with van der Waals surface area (Å²) in [7, 11) is 0. The van der Waals surface area contributed by atoms with Crippen LogP contribution in [-0.4, -0.2) is 48.6 Å². The van der Waals surface area contributed by atoms with Gasteiger partial charge in [0.2, 0.25) is 0 Å². The zero-order valence-electron chi connectivity index (χ0n) is 15.4. The number of thiophene rings is 1. The van der Waals surface area contributed by atoms with E-state index in [1.165, 1.54) is 17.0 Å². The molecule has 4 nitrogen and oxygen atoms in total. The number of halogens is 4. The molecule has 29 heavy (non-hydrogen) atoms. The highest BCUT2D eigenvalue weighted by atomic mass is 35.5. The van der Waals surface area contributed by atoms with Crippen molar-refractivity contribution >= 4 is 29.0 Å². The summed E-state index contributed by atoms with van der Waals surface area (Å²) < 4.78 is 38.9. The van der Waals surface area contributed by atoms with Gasteiger partial charge in [0.05, 0.1) is 16.4 Å². The lowest BCUT2D eigenvalue weighted by Crippen LogP contribution is -2.51. The van der Waals surface area contributed by atoms with Crippen molar-refractivity contribution < 1.29 is 18.0 Å². The van der Waals surface area contributed by atoms with Gasteiger partial charge in [-0.3, -0.25) is 4.90 Å². The van der Waals surface area contributed by atoms with Crippen molar-refractivity contribution in [3.05, 3.63) is 56.7 Å². The Bertz CT molecular complexity index is 911. The van der Waals surface area contributed by atoms with Crippen LogP contribution in [0.25, 0.3) is 0 Å². The number of rotatable bonds is 3. The molecule has 2 heterocycles. The Morgan fingerprint density at radius 3 is 2.59 bits per heavy atom. The first kappa shape index (κ1) is 21.5. The Hall–Kier alpha value is -2.21. The maximum atomic E-state index is 12.7. The average molecular weight is 442 g/mol. The lowest BCUT2D eigenvalue weighted by atomic mass is 10.1. The van der Waals surface area contributed by atoms with Gasteiger partial charge in [-0.15, -0.1) is 11.3 Å². The molecule has 0 radical (unpaired) electrons. The Labute approximate surface area is 176 Å². The van der Waals surface area contributed by atoms with Crippen molar-refractivity contribution in [3.8, 4) is 11.8 Å². The molecular formula is C20H19ClF3N3OS. The smallest absolute Gasteiger partial charge is 0.327 e. The number of nitrogens with zero attached hydrogens (tertiary/aromatic N) is 2. The number of amides is 2. The average Bonchev–Trinajstić information content (AvgIpc) is 3.10. The second kappa shape index (κ2) is 9.53. The highest BCUT2D eigenvalue weighted by Crippen LogP contribution is 2.29. The molecule has 0 atom stereocenters. The molecule has 1 N–H and O–H groups in total. The second-order valence-corrected chi connectivity index (χ2v) is 8.31. The first-order valence-electron chi connectivity index (χ1n) is 8.97. The van der Waals surface area contributed by atoms with Crippen LogP contribution < -0.4 is 5.32 Å². The van der Waals surface area contributed by atoms with Crippen LogP contribution in [0.15, 0.2) is 36.4 Å². The Balaban J connectivity index is 1.42. The molecule has 0 spiro atoms. The van der Waals surface area contributed by atoms with Crippen molar-refractivity contribution in [3.63, 3.8) is 0 Å². The number of hydrogen-bond donors (Lipinski definition) is 1. The Morgan fingerprint density at radius 2 is 1.93 bits per heavy atom. The second-order valence-electron chi connectivity index (χ2n) is 6.51. The van der Waals surface area contributed by atoms with Crippen LogP contribution in [0.4, 0.5) is 18.0 Å². The summed E-state index contributed by atoms with van der Waals surface area (Å²) >= 11 is 7.50. The van der Waals surface area contributed by atoms with Crippen LogP contribution in [0.2, 0.25) is 4.34 Å². The van der Waals surface area contributed by atoms with E-state index in [1.54, 1.807) is 16.2 Å². The molecular weight excluding hydrogens is 423 g/mol. The fourth-order valence-electron chi connectivity index (χ4n) is 2.92. The summed E-state index contributed by atoms with van der Waals surface area (Å²) in [5.74, 6) is 5.35. The molecule has 0 aliphatic carbocycles. The highest BCUT2D eigenvalue weighted by Gasteiger charge is 2.30. The number of piperazine rings is 1. The summed E-state index contributed by atoms with van der Waals surface area (Å²) in [5, 5.41) is 2.69. The van der Waals surface area contributed by atoms with Gasteiger partial charge in [0.1, 0.15) is 0 Å². The number of benzene rings is 1. The van der Waals surface area contributed by atoms with E-state index in [1.807, 2.05) is 12.1 Å². The van der Waals surface area contributed by atoms with E-state index in [4.69, 9.17) is 11.6 Å². The maximum Gasteiger partial charge on any atom is 0.416 e. The minimum atomic E-state index is -4.40. The summed E-state index contributed by atoms with van der Waals surface area (Å²) in [5.41, 5.74) is -0.479. The number of alkyl halides is 3. The number of urea groups is 1. The number of nitrogens with one attached hydrogen (secondary N) is 1. The van der Waals surface area contributed by atoms with E-state index < -0.39 is 11.7 Å². The predicted molar refractivity (Wildman–Crippen MR) is 108 cm³/mol. The molecule has 1 fully saturated rings. The lowest BCUT2D eigenvalue weighted by Gasteiger charge is -2.34. The molecule has 0 unspecified atom stereocenters. The highest BCUT2D eigenvalue weighted by molar-refractivity contribution is 7.16. The van der Waals surface area contributed by atoms with Crippen molar-refractivity contribution in [1.29, 1.82) is 0 Å². The fraction of sp³-hybridized carbons (Fsp3) is 0.350. The van der Waals surface area contributed by atoms with E-state index in [9.17, 15) is 18.0 Å². The van der Waals surface area contributed by atoms with Crippen molar-refractivity contribution in [2.24, 2.45) is 0 Å². The fourth-order valence-corrected chi connectivity index (χ4v) is 4.05. The van der Waals surface area contributed by atoms with Gasteiger partial charge in [-0.2, -0.15) is 13.2 Å². The topological polar surface area (TPSA) is 35.6 Å². The zero-order chi connectivity index (χ0) is 20.9. The van der Waals surface area contributed by atoms with Crippen LogP contribution in [0.3, 0.4) is 0 Å². The van der Waals surface area contributed by atoms with Crippen LogP contribution >= 0.6 is 22.9 Å². The molecule has 1 aliphatic heterocycles. The molecule has 154 valence electrons. The largest absolute Gasteiger partial charge is 0.416 e. The third-order valence-electron chi connectivity index (χ3n) is 4.42. The third kappa shape index (κ3) is 6.39. The van der Waals surface area contributed by atoms with E-state index >= 15 is 0 Å². The minimum Gasteiger partial charge on any atom is -0.327 e. The van der Waals surface area contributed by atoms with Crippen molar-refractivity contribution in [2.75, 3.05) is 32.7 Å². The molecule has 9 heteroatoms. The molecule has 0 saturated carbocycles. The van der Waals surface area contributed by atoms with Gasteiger partial charge >= 0.3 is 12.2 Å². The molecule has 1 aromatic carbocycles. The normalized spacial score (nSPS) is 15.0. The van der Waals surface area contributed by atoms with Gasteiger partial charge in [-0.05, 0) is 30.3 Å². The molecule has 3 rings (SSSR count). The van der Waals surface area contributed by atoms with Gasteiger partial charge in [0.15, 0.2) is 0 Å². The summed E-state index contributed by atoms with van der Waals surface area (Å²) in [4.78, 5) is 17.4. The molecule has 1 aliphatic rings. The van der Waals surface area contributed by atoms with E-state index in [-0.39, 0.29) is 18.1 Å². The van der Waals surface area contributed by atoms with E-state index in [0.29, 0.717) is 13.1 Å². The first-order valence-corrected chi connectivity index (χ1v) is 10.2. The number of hydrogen-bond acceptors (Lipinski definition) is 3. The molecule has 1 saturated heterocycles. The van der Waals surface area contributed by atoms with Gasteiger partial charge < -0.3 is 10.2 Å². The van der Waals surface area contributed by atoms with Gasteiger partial charge in [-0.25, -0.2) is 4.79 Å². The maximum absolute atomic E-state index is 12.7. The summed E-state index contributed by atoms with van der Waals surface area (Å²) in [6, 6.07) is 8.48. The van der Waals surface area contributed by atoms with E-state index in [2.05, 4.69) is 22.1 Å². The molecule has 1 aromatic heterocycles. The van der Waals surface area contributed by atoms with Crippen molar-refractivity contribution in [2.45, 2.75) is 12.7 Å².